The second-order valence-electron chi connectivity index (χ2n) is 9.13. The second-order valence-corrected chi connectivity index (χ2v) is 11.7. The third-order valence-corrected chi connectivity index (χ3v) is 5.87. The first-order valence-corrected chi connectivity index (χ1v) is 14.3. The molecular formula is C25H32N8O3S. The fourth-order valence-corrected chi connectivity index (χ4v) is 4.19. The van der Waals surface area contributed by atoms with E-state index in [2.05, 4.69) is 40.2 Å². The highest BCUT2D eigenvalue weighted by Gasteiger charge is 2.17. The summed E-state index contributed by atoms with van der Waals surface area (Å²) >= 11 is 0. The summed E-state index contributed by atoms with van der Waals surface area (Å²) in [6.45, 7) is 6.93. The number of morpholine rings is 1. The number of carbonyl (C=O) groups excluding carboxylic acids is 1. The number of ether oxygens (including phenoxy) is 1. The maximum atomic E-state index is 12.8. The second kappa shape index (κ2) is 11.5. The van der Waals surface area contributed by atoms with E-state index in [0.29, 0.717) is 17.6 Å². The average Bonchev–Trinajstić information content (AvgIpc) is 2.84. The molecule has 0 spiro atoms. The van der Waals surface area contributed by atoms with Gasteiger partial charge in [-0.15, -0.1) is 0 Å². The van der Waals surface area contributed by atoms with Gasteiger partial charge in [-0.25, -0.2) is 14.2 Å². The van der Waals surface area contributed by atoms with Gasteiger partial charge < -0.3 is 25.6 Å². The largest absolute Gasteiger partial charge is 0.378 e. The van der Waals surface area contributed by atoms with Crippen LogP contribution in [0.4, 0.5) is 34.8 Å². The molecule has 3 N–H and O–H groups in total. The number of hydrogen-bond donors (Lipinski definition) is 3. The van der Waals surface area contributed by atoms with Gasteiger partial charge in [0.1, 0.15) is 17.2 Å². The van der Waals surface area contributed by atoms with Crippen molar-refractivity contribution in [1.29, 1.82) is 0 Å². The van der Waals surface area contributed by atoms with Crippen LogP contribution in [0.5, 0.6) is 0 Å². The van der Waals surface area contributed by atoms with Crippen molar-refractivity contribution in [2.24, 2.45) is 4.36 Å². The van der Waals surface area contributed by atoms with Crippen molar-refractivity contribution in [3.05, 3.63) is 54.2 Å². The van der Waals surface area contributed by atoms with Gasteiger partial charge in [0.25, 0.3) is 5.91 Å². The van der Waals surface area contributed by atoms with Crippen LogP contribution in [0.3, 0.4) is 0 Å². The van der Waals surface area contributed by atoms with E-state index in [0.717, 1.165) is 37.7 Å². The molecule has 4 rings (SSSR count). The summed E-state index contributed by atoms with van der Waals surface area (Å²) < 4.78 is 21.7. The molecule has 0 radical (unpaired) electrons. The van der Waals surface area contributed by atoms with Crippen LogP contribution in [0.1, 0.15) is 24.2 Å². The normalized spacial score (nSPS) is 13.8. The predicted octanol–water partition coefficient (Wildman–Crippen LogP) is 3.69. The molecule has 1 aromatic carbocycles. The van der Waals surface area contributed by atoms with Crippen molar-refractivity contribution in [3.63, 3.8) is 0 Å². The van der Waals surface area contributed by atoms with Gasteiger partial charge in [0, 0.05) is 58.9 Å². The van der Waals surface area contributed by atoms with Crippen LogP contribution in [0.15, 0.2) is 53.0 Å². The molecule has 3 aromatic rings. The number of hydrogen-bond acceptors (Lipinski definition) is 10. The van der Waals surface area contributed by atoms with E-state index in [1.165, 1.54) is 6.20 Å². The fraction of sp³-hybridized carbons (Fsp3) is 0.360. The van der Waals surface area contributed by atoms with E-state index in [-0.39, 0.29) is 23.3 Å². The molecule has 0 unspecified atom stereocenters. The molecule has 0 bridgehead atoms. The number of rotatable bonds is 8. The molecule has 196 valence electrons. The van der Waals surface area contributed by atoms with Crippen LogP contribution >= 0.6 is 0 Å². The summed E-state index contributed by atoms with van der Waals surface area (Å²) in [5.74, 6) is 1.00. The number of benzene rings is 1. The monoisotopic (exact) mass is 524 g/mol. The zero-order valence-corrected chi connectivity index (χ0v) is 22.2. The maximum Gasteiger partial charge on any atom is 0.256 e. The minimum atomic E-state index is -2.38. The Balaban J connectivity index is 1.59. The summed E-state index contributed by atoms with van der Waals surface area (Å²) in [4.78, 5) is 28.4. The van der Waals surface area contributed by atoms with Crippen molar-refractivity contribution in [2.45, 2.75) is 19.9 Å². The lowest BCUT2D eigenvalue weighted by atomic mass is 10.2. The zero-order valence-electron chi connectivity index (χ0n) is 21.4. The smallest absolute Gasteiger partial charge is 0.256 e. The van der Waals surface area contributed by atoms with Gasteiger partial charge in [0.2, 0.25) is 5.95 Å². The average molecular weight is 525 g/mol. The minimum Gasteiger partial charge on any atom is -0.378 e. The van der Waals surface area contributed by atoms with Gasteiger partial charge in [-0.1, -0.05) is 6.07 Å². The lowest BCUT2D eigenvalue weighted by Gasteiger charge is -2.28. The quantitative estimate of drug-likeness (QED) is 0.403. The Morgan fingerprint density at radius 2 is 1.78 bits per heavy atom. The number of carbonyl (C=O) groups is 1. The molecular weight excluding hydrogens is 492 g/mol. The first-order valence-electron chi connectivity index (χ1n) is 12.0. The highest BCUT2D eigenvalue weighted by molar-refractivity contribution is 7.92. The van der Waals surface area contributed by atoms with E-state index < -0.39 is 9.73 Å². The van der Waals surface area contributed by atoms with E-state index in [1.807, 2.05) is 38.1 Å². The molecule has 0 aliphatic carbocycles. The Morgan fingerprint density at radius 3 is 2.46 bits per heavy atom. The SMILES string of the molecule is CC(C)NC(=O)c1cnc(Nc2ccc(N3CCOCC3)cc2)nc1Nc1cccc(N=S(C)(C)=O)n1. The van der Waals surface area contributed by atoms with Crippen LogP contribution in [0.2, 0.25) is 0 Å². The van der Waals surface area contributed by atoms with E-state index in [4.69, 9.17) is 4.74 Å². The molecule has 37 heavy (non-hydrogen) atoms. The van der Waals surface area contributed by atoms with Crippen LogP contribution in [-0.4, -0.2) is 69.9 Å². The van der Waals surface area contributed by atoms with Crippen LogP contribution in [0, 0.1) is 0 Å². The Labute approximate surface area is 217 Å². The summed E-state index contributed by atoms with van der Waals surface area (Å²) in [6.07, 6.45) is 4.55. The van der Waals surface area contributed by atoms with Crippen molar-refractivity contribution in [3.8, 4) is 0 Å². The number of pyridine rings is 1. The summed E-state index contributed by atoms with van der Waals surface area (Å²) in [7, 11) is -2.38. The van der Waals surface area contributed by atoms with E-state index in [1.54, 1.807) is 30.7 Å². The number of aromatic nitrogens is 3. The molecule has 3 heterocycles. The summed E-state index contributed by atoms with van der Waals surface area (Å²) in [6, 6.07) is 13.0. The number of anilines is 5. The molecule has 1 aliphatic heterocycles. The fourth-order valence-electron chi connectivity index (χ4n) is 3.64. The Kier molecular flexibility index (Phi) is 8.19. The molecule has 2 aromatic heterocycles. The molecule has 1 aliphatic rings. The standard InChI is InChI=1S/C25H32N8O3S/c1-17(2)27-24(34)20-16-26-25(28-18-8-10-19(11-9-18)33-12-14-36-15-13-33)31-23(20)30-21-6-5-7-22(29-21)32-37(3,4)35/h5-11,16-17H,12-15H2,1-4H3,(H,27,34)(H2,26,28,29,30,31). The predicted molar refractivity (Wildman–Crippen MR) is 147 cm³/mol. The summed E-state index contributed by atoms with van der Waals surface area (Å²) in [5, 5.41) is 9.16. The molecule has 0 atom stereocenters. The van der Waals surface area contributed by atoms with Crippen molar-refractivity contribution < 1.29 is 13.7 Å². The van der Waals surface area contributed by atoms with Crippen molar-refractivity contribution >= 4 is 50.4 Å². The van der Waals surface area contributed by atoms with Gasteiger partial charge in [-0.05, 0) is 50.2 Å². The molecule has 0 saturated carbocycles. The first kappa shape index (κ1) is 26.3. The van der Waals surface area contributed by atoms with Gasteiger partial charge >= 0.3 is 0 Å². The number of amides is 1. The molecule has 1 amide bonds. The molecule has 1 saturated heterocycles. The molecule has 11 nitrogen and oxygen atoms in total. The third-order valence-electron chi connectivity index (χ3n) is 5.25. The topological polar surface area (TPSA) is 134 Å². The maximum absolute atomic E-state index is 12.8. The highest BCUT2D eigenvalue weighted by atomic mass is 32.2. The van der Waals surface area contributed by atoms with Crippen LogP contribution in [0.25, 0.3) is 0 Å². The Morgan fingerprint density at radius 1 is 1.05 bits per heavy atom. The Bertz CT molecular complexity index is 1360. The molecule has 1 fully saturated rings. The minimum absolute atomic E-state index is 0.0642. The first-order chi connectivity index (χ1) is 17.7. The van der Waals surface area contributed by atoms with Crippen LogP contribution in [-0.2, 0) is 14.5 Å². The van der Waals surface area contributed by atoms with Gasteiger partial charge in [0.15, 0.2) is 5.82 Å². The lowest BCUT2D eigenvalue weighted by molar-refractivity contribution is 0.0943. The lowest BCUT2D eigenvalue weighted by Crippen LogP contribution is -2.36. The Hall–Kier alpha value is -3.77. The van der Waals surface area contributed by atoms with Gasteiger partial charge in [0.05, 0.1) is 13.2 Å². The number of nitrogens with one attached hydrogen (secondary N) is 3. The highest BCUT2D eigenvalue weighted by Crippen LogP contribution is 2.24. The van der Waals surface area contributed by atoms with Gasteiger partial charge in [-0.3, -0.25) is 4.79 Å². The van der Waals surface area contributed by atoms with Gasteiger partial charge in [-0.2, -0.15) is 9.35 Å². The van der Waals surface area contributed by atoms with E-state index in [9.17, 15) is 9.00 Å². The molecule has 12 heteroatoms. The van der Waals surface area contributed by atoms with E-state index >= 15 is 0 Å². The summed E-state index contributed by atoms with van der Waals surface area (Å²) in [5.41, 5.74) is 2.19. The number of nitrogens with zero attached hydrogens (tertiary/aromatic N) is 5. The van der Waals surface area contributed by atoms with Crippen molar-refractivity contribution in [1.82, 2.24) is 20.3 Å². The zero-order chi connectivity index (χ0) is 26.4. The van der Waals surface area contributed by atoms with Crippen molar-refractivity contribution in [2.75, 3.05) is 54.3 Å². The van der Waals surface area contributed by atoms with Crippen LogP contribution < -0.4 is 20.9 Å². The third kappa shape index (κ3) is 7.61.